The van der Waals surface area contributed by atoms with Gasteiger partial charge in [-0.15, -0.1) is 0 Å². The van der Waals surface area contributed by atoms with Crippen LogP contribution in [0.4, 0.5) is 20.2 Å². The topological polar surface area (TPSA) is 162 Å². The summed E-state index contributed by atoms with van der Waals surface area (Å²) in [6, 6.07) is 10.0. The van der Waals surface area contributed by atoms with Gasteiger partial charge in [-0.1, -0.05) is 0 Å². The second-order valence-corrected chi connectivity index (χ2v) is 17.7. The first-order valence-electron chi connectivity index (χ1n) is 21.1. The van der Waals surface area contributed by atoms with Crippen molar-refractivity contribution in [3.05, 3.63) is 87.5 Å². The molecular weight excluding hydrogens is 775 g/mol. The number of benzene rings is 2. The van der Waals surface area contributed by atoms with E-state index >= 15 is 8.78 Å². The standard InChI is InChI=1S/C44H50F2N8O6/c1-44(2,60)33-21-36-25(18-37(33)47-41(57)32-4-3-13-53(43(32)59)28-7-8-28)24-54(49-36)29-9-5-27(6-10-29)50-14-16-51(17-15-50)42(58)26-22-52(23-26)30-19-34(45)39(35(46)20-30)31-11-12-38(55)48-40(31)56/h3-4,13,18-21,24,26-29,31,60H,5-12,14-17,22-23H2,1-2H3,(H,47,57)(H,48,55,56)/t27-,29-,31-/m1/s1. The first-order chi connectivity index (χ1) is 28.7. The number of hydrogen-bond acceptors (Lipinski definition) is 9. The average molecular weight is 825 g/mol. The molecule has 5 heterocycles. The number of anilines is 2. The zero-order valence-corrected chi connectivity index (χ0v) is 33.8. The highest BCUT2D eigenvalue weighted by atomic mass is 19.1. The van der Waals surface area contributed by atoms with Crippen LogP contribution in [0.5, 0.6) is 0 Å². The van der Waals surface area contributed by atoms with Crippen LogP contribution in [-0.4, -0.2) is 98.2 Å². The Balaban J connectivity index is 0.775. The second kappa shape index (κ2) is 15.5. The molecule has 1 atom stereocenters. The lowest BCUT2D eigenvalue weighted by atomic mass is 9.89. The number of amides is 4. The van der Waals surface area contributed by atoms with Crippen LogP contribution in [0, 0.1) is 17.6 Å². The van der Waals surface area contributed by atoms with E-state index in [4.69, 9.17) is 5.10 Å². The van der Waals surface area contributed by atoms with Crippen molar-refractivity contribution in [2.45, 2.75) is 94.9 Å². The van der Waals surface area contributed by atoms with Gasteiger partial charge in [0.05, 0.1) is 29.0 Å². The van der Waals surface area contributed by atoms with Crippen LogP contribution >= 0.6 is 0 Å². The largest absolute Gasteiger partial charge is 0.386 e. The number of fused-ring (bicyclic) bond motifs is 1. The molecule has 14 nitrogen and oxygen atoms in total. The summed E-state index contributed by atoms with van der Waals surface area (Å²) < 4.78 is 33.8. The summed E-state index contributed by atoms with van der Waals surface area (Å²) in [6.45, 7) is 6.80. The van der Waals surface area contributed by atoms with Crippen LogP contribution in [0.2, 0.25) is 0 Å². The molecule has 2 saturated carbocycles. The molecule has 60 heavy (non-hydrogen) atoms. The Morgan fingerprint density at radius 1 is 0.883 bits per heavy atom. The molecule has 3 N–H and O–H groups in total. The molecule has 2 aromatic carbocycles. The number of aliphatic hydroxyl groups is 1. The summed E-state index contributed by atoms with van der Waals surface area (Å²) >= 11 is 0. The Morgan fingerprint density at radius 3 is 2.20 bits per heavy atom. The minimum Gasteiger partial charge on any atom is -0.386 e. The fourth-order valence-corrected chi connectivity index (χ4v) is 9.55. The molecular formula is C44H50F2N8O6. The molecule has 3 aliphatic heterocycles. The maximum absolute atomic E-state index is 15.1. The van der Waals surface area contributed by atoms with Crippen molar-refractivity contribution in [3.63, 3.8) is 0 Å². The molecule has 4 amide bonds. The van der Waals surface area contributed by atoms with Crippen molar-refractivity contribution in [1.29, 1.82) is 0 Å². The lowest BCUT2D eigenvalue weighted by molar-refractivity contribution is -0.138. The number of carbonyl (C=O) groups is 4. The number of halogens is 2. The van der Waals surface area contributed by atoms with E-state index in [0.29, 0.717) is 54.7 Å². The smallest absolute Gasteiger partial charge is 0.263 e. The van der Waals surface area contributed by atoms with E-state index < -0.39 is 40.9 Å². The molecule has 2 aliphatic carbocycles. The molecule has 3 saturated heterocycles. The third-order valence-corrected chi connectivity index (χ3v) is 13.2. The number of hydrogen-bond donors (Lipinski definition) is 3. The minimum absolute atomic E-state index is 0.0226. The summed E-state index contributed by atoms with van der Waals surface area (Å²) in [5.41, 5.74) is 0.0942. The summed E-state index contributed by atoms with van der Waals surface area (Å²) in [7, 11) is 0. The van der Waals surface area contributed by atoms with Crippen molar-refractivity contribution in [3.8, 4) is 0 Å². The zero-order valence-electron chi connectivity index (χ0n) is 33.8. The van der Waals surface area contributed by atoms with E-state index in [0.717, 1.165) is 57.0 Å². The molecule has 16 heteroatoms. The molecule has 5 aliphatic rings. The monoisotopic (exact) mass is 824 g/mol. The third kappa shape index (κ3) is 7.70. The minimum atomic E-state index is -1.28. The normalized spacial score (nSPS) is 23.1. The van der Waals surface area contributed by atoms with E-state index in [2.05, 4.69) is 15.5 Å². The highest BCUT2D eigenvalue weighted by molar-refractivity contribution is 6.05. The van der Waals surface area contributed by atoms with Crippen molar-refractivity contribution in [1.82, 2.24) is 29.5 Å². The zero-order chi connectivity index (χ0) is 42.0. The Hall–Kier alpha value is -5.48. The molecule has 5 fully saturated rings. The molecule has 9 rings (SSSR count). The fraction of sp³-hybridized carbons (Fsp3) is 0.500. The number of rotatable bonds is 9. The summed E-state index contributed by atoms with van der Waals surface area (Å²) in [5, 5.41) is 21.9. The number of pyridine rings is 1. The van der Waals surface area contributed by atoms with Gasteiger partial charge in [-0.2, -0.15) is 5.10 Å². The van der Waals surface area contributed by atoms with Crippen LogP contribution in [0.15, 0.2) is 53.6 Å². The van der Waals surface area contributed by atoms with Gasteiger partial charge in [-0.05, 0) is 95.2 Å². The number of piperidine rings is 1. The van der Waals surface area contributed by atoms with Crippen molar-refractivity contribution < 1.29 is 33.1 Å². The highest BCUT2D eigenvalue weighted by Crippen LogP contribution is 2.38. The first kappa shape index (κ1) is 40.0. The van der Waals surface area contributed by atoms with Crippen molar-refractivity contribution >= 4 is 45.9 Å². The molecule has 0 bridgehead atoms. The maximum Gasteiger partial charge on any atom is 0.263 e. The van der Waals surface area contributed by atoms with Crippen LogP contribution in [0.25, 0.3) is 10.9 Å². The molecule has 0 unspecified atom stereocenters. The van der Waals surface area contributed by atoms with Gasteiger partial charge in [0.1, 0.15) is 17.2 Å². The van der Waals surface area contributed by atoms with Gasteiger partial charge >= 0.3 is 0 Å². The molecule has 2 aromatic heterocycles. The highest BCUT2D eigenvalue weighted by Gasteiger charge is 2.39. The number of imide groups is 1. The Kier molecular flexibility index (Phi) is 10.3. The quantitative estimate of drug-likeness (QED) is 0.205. The fourth-order valence-electron chi connectivity index (χ4n) is 9.55. The Labute approximate surface area is 345 Å². The molecule has 0 spiro atoms. The SMILES string of the molecule is CC(C)(O)c1cc2nn([C@H]3CC[C@H](N4CCN(C(=O)C5CN(c6cc(F)c([C@H]7CCC(=O)NC7=O)c(F)c6)C5)CC4)CC3)cc2cc1NC(=O)c1cccn(C2CC2)c1=O. The average Bonchev–Trinajstić information content (AvgIpc) is 3.95. The van der Waals surface area contributed by atoms with Gasteiger partial charge in [0.2, 0.25) is 17.7 Å². The summed E-state index contributed by atoms with van der Waals surface area (Å²) in [6.07, 6.45) is 9.44. The summed E-state index contributed by atoms with van der Waals surface area (Å²) in [4.78, 5) is 69.8. The van der Waals surface area contributed by atoms with E-state index in [9.17, 15) is 29.1 Å². The van der Waals surface area contributed by atoms with E-state index in [1.807, 2.05) is 27.9 Å². The van der Waals surface area contributed by atoms with E-state index in [-0.39, 0.29) is 53.4 Å². The Bertz CT molecular complexity index is 2410. The number of nitrogens with one attached hydrogen (secondary N) is 2. The number of carbonyl (C=O) groups excluding carboxylic acids is 4. The van der Waals surface area contributed by atoms with Crippen LogP contribution in [0.1, 0.15) is 105 Å². The molecule has 0 radical (unpaired) electrons. The second-order valence-electron chi connectivity index (χ2n) is 17.7. The van der Waals surface area contributed by atoms with Gasteiger partial charge in [-0.3, -0.25) is 38.9 Å². The molecule has 4 aromatic rings. The van der Waals surface area contributed by atoms with Gasteiger partial charge in [0.15, 0.2) is 0 Å². The predicted octanol–water partition coefficient (Wildman–Crippen LogP) is 4.58. The number of piperazine rings is 1. The van der Waals surface area contributed by atoms with E-state index in [1.165, 1.54) is 18.2 Å². The van der Waals surface area contributed by atoms with Gasteiger partial charge in [-0.25, -0.2) is 8.78 Å². The van der Waals surface area contributed by atoms with Crippen LogP contribution in [-0.2, 0) is 20.0 Å². The lowest BCUT2D eigenvalue weighted by Gasteiger charge is -2.45. The maximum atomic E-state index is 15.1. The predicted molar refractivity (Wildman–Crippen MR) is 219 cm³/mol. The lowest BCUT2D eigenvalue weighted by Crippen LogP contribution is -2.59. The Morgan fingerprint density at radius 2 is 1.55 bits per heavy atom. The number of aromatic nitrogens is 3. The van der Waals surface area contributed by atoms with Crippen molar-refractivity contribution in [2.75, 3.05) is 49.5 Å². The first-order valence-corrected chi connectivity index (χ1v) is 21.1. The number of nitrogens with zero attached hydrogens (tertiary/aromatic N) is 6. The van der Waals surface area contributed by atoms with Crippen molar-refractivity contribution in [2.24, 2.45) is 5.92 Å². The van der Waals surface area contributed by atoms with Crippen LogP contribution in [0.3, 0.4) is 0 Å². The third-order valence-electron chi connectivity index (χ3n) is 13.2. The van der Waals surface area contributed by atoms with E-state index in [1.54, 1.807) is 35.6 Å². The van der Waals surface area contributed by atoms with Gasteiger partial charge < -0.3 is 24.8 Å². The summed E-state index contributed by atoms with van der Waals surface area (Å²) in [5.74, 6) is -4.61. The van der Waals surface area contributed by atoms with Gasteiger partial charge in [0, 0.05) is 98.1 Å². The van der Waals surface area contributed by atoms with Crippen LogP contribution < -0.4 is 21.1 Å². The molecule has 316 valence electrons. The van der Waals surface area contributed by atoms with Gasteiger partial charge in [0.25, 0.3) is 11.5 Å².